The zero-order valence-electron chi connectivity index (χ0n) is 6.98. The van der Waals surface area contributed by atoms with Crippen molar-refractivity contribution in [3.8, 4) is 0 Å². The maximum Gasteiger partial charge on any atom is 0.270 e. The van der Waals surface area contributed by atoms with E-state index in [1.165, 1.54) is 26.2 Å². The van der Waals surface area contributed by atoms with Crippen LogP contribution < -0.4 is 0 Å². The lowest BCUT2D eigenvalue weighted by Crippen LogP contribution is -2.52. The molecule has 0 aromatic carbocycles. The minimum Gasteiger partial charge on any atom is -0.304 e. The standard InChI is InChI=1S/C6H14Br2N2Si/c1-9-3-5-10(6-4-9)11(2,7)8/h3-6H2,1-2H3. The molecule has 0 aromatic heterocycles. The monoisotopic (exact) mass is 300 g/mol. The second kappa shape index (κ2) is 3.87. The third-order valence-corrected chi connectivity index (χ3v) is 6.63. The lowest BCUT2D eigenvalue weighted by atomic mass is 10.4. The van der Waals surface area contributed by atoms with E-state index in [9.17, 15) is 0 Å². The van der Waals surface area contributed by atoms with E-state index in [0.717, 1.165) is 0 Å². The summed E-state index contributed by atoms with van der Waals surface area (Å²) in [6.07, 6.45) is 0. The second-order valence-corrected chi connectivity index (χ2v) is 17.9. The van der Waals surface area contributed by atoms with E-state index in [2.05, 4.69) is 53.6 Å². The van der Waals surface area contributed by atoms with Crippen LogP contribution in [-0.4, -0.2) is 48.2 Å². The Bertz CT molecular complexity index is 129. The molecular formula is C6H14Br2N2Si. The van der Waals surface area contributed by atoms with Crippen LogP contribution in [0.25, 0.3) is 0 Å². The number of rotatable bonds is 1. The molecule has 66 valence electrons. The van der Waals surface area contributed by atoms with Gasteiger partial charge in [-0.3, -0.25) is 0 Å². The first-order valence-corrected chi connectivity index (χ1v) is 10.8. The Hall–Kier alpha value is 1.10. The number of hydrogen-bond acceptors (Lipinski definition) is 2. The van der Waals surface area contributed by atoms with Crippen LogP contribution in [0.15, 0.2) is 0 Å². The number of likely N-dealkylation sites (N-methyl/N-ethyl adjacent to an activating group) is 1. The Morgan fingerprint density at radius 2 is 1.55 bits per heavy atom. The third kappa shape index (κ3) is 3.14. The van der Waals surface area contributed by atoms with Crippen molar-refractivity contribution in [3.63, 3.8) is 0 Å². The molecule has 2 nitrogen and oxygen atoms in total. The summed E-state index contributed by atoms with van der Waals surface area (Å²) in [5, 5.41) is 0. The molecule has 11 heavy (non-hydrogen) atoms. The largest absolute Gasteiger partial charge is 0.304 e. The van der Waals surface area contributed by atoms with E-state index >= 15 is 0 Å². The van der Waals surface area contributed by atoms with Gasteiger partial charge in [0.1, 0.15) is 0 Å². The van der Waals surface area contributed by atoms with Crippen LogP contribution in [0.5, 0.6) is 0 Å². The molecule has 1 aliphatic rings. The van der Waals surface area contributed by atoms with E-state index in [1.54, 1.807) is 0 Å². The van der Waals surface area contributed by atoms with Crippen LogP contribution in [-0.2, 0) is 0 Å². The smallest absolute Gasteiger partial charge is 0.270 e. The Morgan fingerprint density at radius 1 is 1.09 bits per heavy atom. The van der Waals surface area contributed by atoms with Gasteiger partial charge >= 0.3 is 0 Å². The molecule has 0 spiro atoms. The van der Waals surface area contributed by atoms with Gasteiger partial charge in [0, 0.05) is 26.2 Å². The number of halogens is 2. The molecule has 0 aliphatic carbocycles. The summed E-state index contributed by atoms with van der Waals surface area (Å²) < 4.78 is 2.52. The first kappa shape index (κ1) is 10.2. The molecule has 5 heteroatoms. The fourth-order valence-corrected chi connectivity index (χ4v) is 4.31. The molecular weight excluding hydrogens is 288 g/mol. The molecule has 1 rings (SSSR count). The van der Waals surface area contributed by atoms with E-state index in [4.69, 9.17) is 0 Å². The molecule has 1 saturated heterocycles. The Balaban J connectivity index is 2.39. The van der Waals surface area contributed by atoms with Crippen molar-refractivity contribution in [1.82, 2.24) is 9.47 Å². The maximum absolute atomic E-state index is 3.72. The zero-order chi connectivity index (χ0) is 8.48. The van der Waals surface area contributed by atoms with Gasteiger partial charge in [0.25, 0.3) is 5.47 Å². The SMILES string of the molecule is CN1CCN([Si](C)(Br)Br)CC1. The molecule has 0 aromatic rings. The summed E-state index contributed by atoms with van der Waals surface area (Å²) >= 11 is 7.45. The van der Waals surface area contributed by atoms with Crippen LogP contribution >= 0.6 is 30.6 Å². The number of nitrogens with zero attached hydrogens (tertiary/aromatic N) is 2. The molecule has 1 fully saturated rings. The quantitative estimate of drug-likeness (QED) is 0.536. The molecule has 1 heterocycles. The van der Waals surface area contributed by atoms with Crippen molar-refractivity contribution in [2.45, 2.75) is 6.55 Å². The molecule has 0 unspecified atom stereocenters. The molecule has 0 bridgehead atoms. The highest BCUT2D eigenvalue weighted by Crippen LogP contribution is 2.25. The van der Waals surface area contributed by atoms with Crippen LogP contribution in [0, 0.1) is 0 Å². The summed E-state index contributed by atoms with van der Waals surface area (Å²) in [6.45, 7) is 7.03. The van der Waals surface area contributed by atoms with E-state index in [0.29, 0.717) is 0 Å². The van der Waals surface area contributed by atoms with E-state index < -0.39 is 5.47 Å². The Kier molecular flexibility index (Phi) is 3.58. The summed E-state index contributed by atoms with van der Waals surface area (Å²) in [4.78, 5) is 2.37. The first-order chi connectivity index (χ1) is 5.00. The zero-order valence-corrected chi connectivity index (χ0v) is 11.2. The van der Waals surface area contributed by atoms with Crippen LogP contribution in [0.3, 0.4) is 0 Å². The average molecular weight is 302 g/mol. The molecule has 0 amide bonds. The molecule has 0 saturated carbocycles. The second-order valence-electron chi connectivity index (χ2n) is 3.13. The van der Waals surface area contributed by atoms with Crippen LogP contribution in [0.4, 0.5) is 0 Å². The molecule has 0 radical (unpaired) electrons. The highest BCUT2D eigenvalue weighted by Gasteiger charge is 2.30. The van der Waals surface area contributed by atoms with Gasteiger partial charge in [-0.25, -0.2) is 0 Å². The number of piperazine rings is 1. The summed E-state index contributed by atoms with van der Waals surface area (Å²) in [5.41, 5.74) is -1.35. The van der Waals surface area contributed by atoms with Gasteiger partial charge in [-0.15, -0.1) is 0 Å². The summed E-state index contributed by atoms with van der Waals surface area (Å²) in [7, 11) is 2.18. The highest BCUT2D eigenvalue weighted by molar-refractivity contribution is 9.51. The average Bonchev–Trinajstić information content (AvgIpc) is 1.86. The number of hydrogen-bond donors (Lipinski definition) is 0. The topological polar surface area (TPSA) is 6.48 Å². The molecule has 1 aliphatic heterocycles. The molecule has 0 N–H and O–H groups in total. The first-order valence-electron chi connectivity index (χ1n) is 3.81. The van der Waals surface area contributed by atoms with Gasteiger partial charge in [0.15, 0.2) is 0 Å². The van der Waals surface area contributed by atoms with E-state index in [-0.39, 0.29) is 0 Å². The van der Waals surface area contributed by atoms with Crippen molar-refractivity contribution in [3.05, 3.63) is 0 Å². The van der Waals surface area contributed by atoms with Crippen LogP contribution in [0.1, 0.15) is 0 Å². The summed E-state index contributed by atoms with van der Waals surface area (Å²) in [5.74, 6) is 0. The minimum absolute atomic E-state index is 1.19. The fraction of sp³-hybridized carbons (Fsp3) is 1.00. The maximum atomic E-state index is 3.72. The van der Waals surface area contributed by atoms with Gasteiger partial charge in [-0.2, -0.15) is 0 Å². The van der Waals surface area contributed by atoms with Gasteiger partial charge in [0.05, 0.1) is 0 Å². The van der Waals surface area contributed by atoms with Gasteiger partial charge in [-0.1, -0.05) is 30.6 Å². The predicted octanol–water partition coefficient (Wildman–Crippen LogP) is 1.59. The Morgan fingerprint density at radius 3 is 1.91 bits per heavy atom. The highest BCUT2D eigenvalue weighted by atomic mass is 79.9. The van der Waals surface area contributed by atoms with Crippen molar-refractivity contribution in [1.29, 1.82) is 0 Å². The predicted molar refractivity (Wildman–Crippen MR) is 58.5 cm³/mol. The Labute approximate surface area is 85.2 Å². The fourth-order valence-electron chi connectivity index (χ4n) is 1.20. The lowest BCUT2D eigenvalue weighted by molar-refractivity contribution is 0.223. The van der Waals surface area contributed by atoms with Crippen LogP contribution in [0.2, 0.25) is 6.55 Å². The van der Waals surface area contributed by atoms with Crippen molar-refractivity contribution in [2.75, 3.05) is 33.2 Å². The van der Waals surface area contributed by atoms with Gasteiger partial charge < -0.3 is 9.47 Å². The van der Waals surface area contributed by atoms with Crippen molar-refractivity contribution < 1.29 is 0 Å². The van der Waals surface area contributed by atoms with Gasteiger partial charge in [0.2, 0.25) is 0 Å². The lowest BCUT2D eigenvalue weighted by Gasteiger charge is -2.37. The van der Waals surface area contributed by atoms with Gasteiger partial charge in [-0.05, 0) is 13.6 Å². The molecule has 0 atom stereocenters. The normalized spacial score (nSPS) is 24.0. The summed E-state index contributed by atoms with van der Waals surface area (Å²) in [6, 6.07) is 0. The van der Waals surface area contributed by atoms with Crippen molar-refractivity contribution in [2.24, 2.45) is 0 Å². The van der Waals surface area contributed by atoms with Crippen molar-refractivity contribution >= 4 is 36.1 Å². The minimum atomic E-state index is -1.35. The third-order valence-electron chi connectivity index (χ3n) is 2.06. The van der Waals surface area contributed by atoms with E-state index in [1.807, 2.05) is 0 Å².